The highest BCUT2D eigenvalue weighted by atomic mass is 16.5. The van der Waals surface area contributed by atoms with Crippen LogP contribution in [0, 0.1) is 12.8 Å². The molecule has 118 valence electrons. The largest absolute Gasteiger partial charge is 0.488 e. The van der Waals surface area contributed by atoms with E-state index in [0.29, 0.717) is 6.10 Å². The van der Waals surface area contributed by atoms with Crippen LogP contribution in [0.1, 0.15) is 64.8 Å². The quantitative estimate of drug-likeness (QED) is 0.900. The predicted molar refractivity (Wildman–Crippen MR) is 87.6 cm³/mol. The monoisotopic (exact) mass is 290 g/mol. The van der Waals surface area contributed by atoms with E-state index in [4.69, 9.17) is 4.74 Å². The van der Waals surface area contributed by atoms with Crippen molar-refractivity contribution in [3.63, 3.8) is 0 Å². The number of hydrogen-bond donors (Lipinski definition) is 1. The van der Waals surface area contributed by atoms with E-state index in [1.54, 1.807) is 0 Å². The molecule has 0 spiro atoms. The molecule has 1 aliphatic carbocycles. The lowest BCUT2D eigenvalue weighted by Crippen LogP contribution is -2.35. The molecular formula is C18H30N2O. The highest BCUT2D eigenvalue weighted by Crippen LogP contribution is 2.28. The Morgan fingerprint density at radius 3 is 2.48 bits per heavy atom. The molecule has 0 aromatic carbocycles. The topological polar surface area (TPSA) is 34.1 Å². The molecule has 1 fully saturated rings. The van der Waals surface area contributed by atoms with Crippen LogP contribution in [-0.4, -0.2) is 16.6 Å². The van der Waals surface area contributed by atoms with Gasteiger partial charge in [-0.15, -0.1) is 0 Å². The van der Waals surface area contributed by atoms with Gasteiger partial charge in [-0.2, -0.15) is 0 Å². The molecule has 3 nitrogen and oxygen atoms in total. The molecule has 3 heteroatoms. The first-order valence-electron chi connectivity index (χ1n) is 8.22. The average Bonchev–Trinajstić information content (AvgIpc) is 2.40. The summed E-state index contributed by atoms with van der Waals surface area (Å²) in [7, 11) is 0. The minimum atomic E-state index is 0.0863. The van der Waals surface area contributed by atoms with Gasteiger partial charge in [0.05, 0.1) is 11.8 Å². The van der Waals surface area contributed by atoms with Crippen LogP contribution in [0.25, 0.3) is 0 Å². The van der Waals surface area contributed by atoms with Crippen LogP contribution in [0.2, 0.25) is 0 Å². The van der Waals surface area contributed by atoms with Crippen LogP contribution in [-0.2, 0) is 6.54 Å². The van der Waals surface area contributed by atoms with Crippen molar-refractivity contribution in [2.75, 3.05) is 0 Å². The lowest BCUT2D eigenvalue weighted by atomic mass is 9.89. The minimum absolute atomic E-state index is 0.0863. The van der Waals surface area contributed by atoms with E-state index in [2.05, 4.69) is 44.1 Å². The highest BCUT2D eigenvalue weighted by Gasteiger charge is 2.21. The van der Waals surface area contributed by atoms with Gasteiger partial charge in [-0.1, -0.05) is 6.92 Å². The number of aromatic nitrogens is 1. The zero-order chi connectivity index (χ0) is 15.5. The lowest BCUT2D eigenvalue weighted by Gasteiger charge is -2.28. The second-order valence-electron chi connectivity index (χ2n) is 7.50. The van der Waals surface area contributed by atoms with Gasteiger partial charge in [0, 0.05) is 17.8 Å². The molecule has 2 rings (SSSR count). The first kappa shape index (κ1) is 16.3. The van der Waals surface area contributed by atoms with E-state index < -0.39 is 0 Å². The van der Waals surface area contributed by atoms with E-state index in [1.807, 2.05) is 13.0 Å². The zero-order valence-corrected chi connectivity index (χ0v) is 14.2. The molecule has 0 unspecified atom stereocenters. The van der Waals surface area contributed by atoms with Crippen molar-refractivity contribution in [3.8, 4) is 5.75 Å². The SMILES string of the molecule is Cc1ccc(OC2CCC(C)CC2)c(CNC(C)(C)C)n1. The Morgan fingerprint density at radius 2 is 1.86 bits per heavy atom. The molecule has 21 heavy (non-hydrogen) atoms. The van der Waals surface area contributed by atoms with E-state index in [-0.39, 0.29) is 5.54 Å². The van der Waals surface area contributed by atoms with Crippen molar-refractivity contribution in [2.45, 2.75) is 78.5 Å². The summed E-state index contributed by atoms with van der Waals surface area (Å²) >= 11 is 0. The van der Waals surface area contributed by atoms with E-state index >= 15 is 0 Å². The molecule has 1 aliphatic rings. The summed E-state index contributed by atoms with van der Waals surface area (Å²) in [6.45, 7) is 11.6. The van der Waals surface area contributed by atoms with Gasteiger partial charge in [-0.05, 0) is 71.4 Å². The molecule has 0 amide bonds. The van der Waals surface area contributed by atoms with E-state index in [9.17, 15) is 0 Å². The smallest absolute Gasteiger partial charge is 0.142 e. The summed E-state index contributed by atoms with van der Waals surface area (Å²) in [6.07, 6.45) is 5.25. The van der Waals surface area contributed by atoms with Crippen molar-refractivity contribution < 1.29 is 4.74 Å². The Kier molecular flexibility index (Phi) is 5.26. The number of ether oxygens (including phenoxy) is 1. The lowest BCUT2D eigenvalue weighted by molar-refractivity contribution is 0.133. The van der Waals surface area contributed by atoms with Gasteiger partial charge in [0.25, 0.3) is 0 Å². The molecule has 0 bridgehead atoms. The van der Waals surface area contributed by atoms with Crippen LogP contribution < -0.4 is 10.1 Å². The predicted octanol–water partition coefficient (Wildman–Crippen LogP) is 4.24. The number of aryl methyl sites for hydroxylation is 1. The zero-order valence-electron chi connectivity index (χ0n) is 14.2. The van der Waals surface area contributed by atoms with Crippen molar-refractivity contribution >= 4 is 0 Å². The van der Waals surface area contributed by atoms with Crippen LogP contribution in [0.4, 0.5) is 0 Å². The number of rotatable bonds is 4. The Bertz CT molecular complexity index is 457. The molecule has 0 saturated heterocycles. The summed E-state index contributed by atoms with van der Waals surface area (Å²) in [5.74, 6) is 1.81. The van der Waals surface area contributed by atoms with Crippen molar-refractivity contribution in [1.29, 1.82) is 0 Å². The van der Waals surface area contributed by atoms with Crippen LogP contribution in [0.5, 0.6) is 5.75 Å². The van der Waals surface area contributed by atoms with Gasteiger partial charge < -0.3 is 10.1 Å². The Balaban J connectivity index is 2.04. The number of pyridine rings is 1. The number of nitrogens with one attached hydrogen (secondary N) is 1. The number of hydrogen-bond acceptors (Lipinski definition) is 3. The van der Waals surface area contributed by atoms with E-state index in [0.717, 1.165) is 29.6 Å². The molecule has 0 radical (unpaired) electrons. The van der Waals surface area contributed by atoms with Gasteiger partial charge >= 0.3 is 0 Å². The van der Waals surface area contributed by atoms with Gasteiger partial charge in [0.2, 0.25) is 0 Å². The third-order valence-corrected chi connectivity index (χ3v) is 4.11. The Hall–Kier alpha value is -1.09. The van der Waals surface area contributed by atoms with Crippen LogP contribution in [0.3, 0.4) is 0 Å². The molecule has 1 saturated carbocycles. The van der Waals surface area contributed by atoms with Crippen molar-refractivity contribution in [1.82, 2.24) is 10.3 Å². The Labute approximate surface area is 129 Å². The number of nitrogens with zero attached hydrogens (tertiary/aromatic N) is 1. The van der Waals surface area contributed by atoms with Crippen molar-refractivity contribution in [2.24, 2.45) is 5.92 Å². The normalized spacial score (nSPS) is 23.1. The molecule has 1 aromatic heterocycles. The maximum Gasteiger partial charge on any atom is 0.142 e. The van der Waals surface area contributed by atoms with Crippen LogP contribution in [0.15, 0.2) is 12.1 Å². The fraction of sp³-hybridized carbons (Fsp3) is 0.722. The first-order chi connectivity index (χ1) is 9.83. The van der Waals surface area contributed by atoms with Gasteiger partial charge in [0.1, 0.15) is 5.75 Å². The molecule has 1 aromatic rings. The standard InChI is InChI=1S/C18H30N2O/c1-13-6-9-15(10-7-13)21-17-11-8-14(2)20-16(17)12-19-18(3,4)5/h8,11,13,15,19H,6-7,9-10,12H2,1-5H3. The third-order valence-electron chi connectivity index (χ3n) is 4.11. The third kappa shape index (κ3) is 5.31. The molecule has 0 aliphatic heterocycles. The summed E-state index contributed by atoms with van der Waals surface area (Å²) in [5.41, 5.74) is 2.16. The second kappa shape index (κ2) is 6.78. The minimum Gasteiger partial charge on any atom is -0.488 e. The van der Waals surface area contributed by atoms with Gasteiger partial charge in [-0.3, -0.25) is 4.98 Å². The summed E-state index contributed by atoms with van der Waals surface area (Å²) in [5, 5.41) is 3.51. The average molecular weight is 290 g/mol. The summed E-state index contributed by atoms with van der Waals surface area (Å²) < 4.78 is 6.25. The highest BCUT2D eigenvalue weighted by molar-refractivity contribution is 5.29. The van der Waals surface area contributed by atoms with E-state index in [1.165, 1.54) is 25.7 Å². The second-order valence-corrected chi connectivity index (χ2v) is 7.50. The Morgan fingerprint density at radius 1 is 1.19 bits per heavy atom. The van der Waals surface area contributed by atoms with Gasteiger partial charge in [0.15, 0.2) is 0 Å². The van der Waals surface area contributed by atoms with Gasteiger partial charge in [-0.25, -0.2) is 0 Å². The maximum atomic E-state index is 6.25. The molecule has 1 N–H and O–H groups in total. The summed E-state index contributed by atoms with van der Waals surface area (Å²) in [4.78, 5) is 4.67. The molecular weight excluding hydrogens is 260 g/mol. The molecule has 0 atom stereocenters. The fourth-order valence-corrected chi connectivity index (χ4v) is 2.71. The fourth-order valence-electron chi connectivity index (χ4n) is 2.71. The van der Waals surface area contributed by atoms with Crippen molar-refractivity contribution in [3.05, 3.63) is 23.5 Å². The summed E-state index contributed by atoms with van der Waals surface area (Å²) in [6, 6.07) is 4.13. The molecule has 1 heterocycles. The maximum absolute atomic E-state index is 6.25. The first-order valence-corrected chi connectivity index (χ1v) is 8.22. The van der Waals surface area contributed by atoms with Crippen LogP contribution >= 0.6 is 0 Å².